The summed E-state index contributed by atoms with van der Waals surface area (Å²) in [5.41, 5.74) is 5.90. The van der Waals surface area contributed by atoms with Crippen LogP contribution < -0.4 is 5.73 Å². The van der Waals surface area contributed by atoms with Crippen molar-refractivity contribution in [3.8, 4) is 0 Å². The summed E-state index contributed by atoms with van der Waals surface area (Å²) < 4.78 is 29.2. The van der Waals surface area contributed by atoms with Gasteiger partial charge in [-0.3, -0.25) is 0 Å². The van der Waals surface area contributed by atoms with E-state index in [0.29, 0.717) is 18.2 Å². The molecule has 0 bridgehead atoms. The predicted molar refractivity (Wildman–Crippen MR) is 73.6 cm³/mol. The molecular weight excluding hydrogens is 274 g/mol. The molecule has 0 saturated heterocycles. The Balaban J connectivity index is 2.66. The van der Waals surface area contributed by atoms with Crippen LogP contribution in [-0.4, -0.2) is 27.4 Å². The fourth-order valence-corrected chi connectivity index (χ4v) is 2.70. The van der Waals surface area contributed by atoms with Crippen molar-refractivity contribution in [2.75, 3.05) is 24.7 Å². The van der Waals surface area contributed by atoms with Crippen molar-refractivity contribution in [3.63, 3.8) is 0 Å². The summed E-state index contributed by atoms with van der Waals surface area (Å²) in [6, 6.07) is 4.32. The molecule has 0 spiro atoms. The molecular formula is C12H18ClNO3S. The maximum absolute atomic E-state index is 12.0. The van der Waals surface area contributed by atoms with Gasteiger partial charge in [-0.2, -0.15) is 0 Å². The highest BCUT2D eigenvalue weighted by atomic mass is 35.5. The first kappa shape index (κ1) is 15.3. The van der Waals surface area contributed by atoms with Gasteiger partial charge >= 0.3 is 0 Å². The molecule has 0 saturated carbocycles. The summed E-state index contributed by atoms with van der Waals surface area (Å²) in [6.45, 7) is 4.75. The molecule has 0 aliphatic carbocycles. The average molecular weight is 292 g/mol. The lowest BCUT2D eigenvalue weighted by molar-refractivity contribution is 0.123. The number of nitrogens with two attached hydrogens (primary N) is 1. The molecule has 0 fully saturated rings. The Morgan fingerprint density at radius 2 is 2.06 bits per heavy atom. The minimum atomic E-state index is -3.36. The number of ether oxygens (including phenoxy) is 1. The number of anilines is 1. The highest BCUT2D eigenvalue weighted by Gasteiger charge is 2.15. The summed E-state index contributed by atoms with van der Waals surface area (Å²) in [5.74, 6) is 0.332. The number of hydrogen-bond acceptors (Lipinski definition) is 4. The maximum Gasteiger partial charge on any atom is 0.180 e. The van der Waals surface area contributed by atoms with Crippen LogP contribution >= 0.6 is 11.6 Å². The lowest BCUT2D eigenvalue weighted by Gasteiger charge is -2.08. The Kier molecular flexibility index (Phi) is 5.44. The van der Waals surface area contributed by atoms with E-state index in [9.17, 15) is 8.42 Å². The molecule has 2 N–H and O–H groups in total. The molecule has 0 aliphatic rings. The van der Waals surface area contributed by atoms with Crippen LogP contribution in [0.5, 0.6) is 0 Å². The molecule has 1 aromatic carbocycles. The van der Waals surface area contributed by atoms with Gasteiger partial charge in [0.15, 0.2) is 9.84 Å². The average Bonchev–Trinajstić information content (AvgIpc) is 2.28. The van der Waals surface area contributed by atoms with Crippen molar-refractivity contribution in [2.45, 2.75) is 18.7 Å². The third-order valence-electron chi connectivity index (χ3n) is 2.28. The normalized spacial score (nSPS) is 12.0. The molecule has 102 valence electrons. The van der Waals surface area contributed by atoms with Gasteiger partial charge in [-0.15, -0.1) is 0 Å². The molecule has 0 heterocycles. The molecule has 0 aromatic heterocycles. The molecule has 6 heteroatoms. The predicted octanol–water partition coefficient (Wildman–Crippen LogP) is 2.37. The third-order valence-corrected chi connectivity index (χ3v) is 4.28. The van der Waals surface area contributed by atoms with Crippen molar-refractivity contribution >= 4 is 27.1 Å². The van der Waals surface area contributed by atoms with Gasteiger partial charge in [0.1, 0.15) is 0 Å². The highest BCUT2D eigenvalue weighted by Crippen LogP contribution is 2.23. The van der Waals surface area contributed by atoms with E-state index in [4.69, 9.17) is 22.1 Å². The van der Waals surface area contributed by atoms with Gasteiger partial charge in [0.05, 0.1) is 28.0 Å². The molecule has 18 heavy (non-hydrogen) atoms. The lowest BCUT2D eigenvalue weighted by Crippen LogP contribution is -2.14. The van der Waals surface area contributed by atoms with E-state index in [0.717, 1.165) is 0 Å². The van der Waals surface area contributed by atoms with Gasteiger partial charge < -0.3 is 10.5 Å². The molecule has 0 unspecified atom stereocenters. The first-order valence-electron chi connectivity index (χ1n) is 5.68. The SMILES string of the molecule is CC(C)COCCS(=O)(=O)c1ccc(N)c(Cl)c1. The van der Waals surface area contributed by atoms with E-state index >= 15 is 0 Å². The van der Waals surface area contributed by atoms with Crippen LogP contribution in [0, 0.1) is 5.92 Å². The van der Waals surface area contributed by atoms with Gasteiger partial charge in [0, 0.05) is 6.61 Å². The van der Waals surface area contributed by atoms with Crippen molar-refractivity contribution in [1.82, 2.24) is 0 Å². The molecule has 0 aliphatic heterocycles. The Morgan fingerprint density at radius 3 is 2.61 bits per heavy atom. The van der Waals surface area contributed by atoms with E-state index in [1.807, 2.05) is 13.8 Å². The van der Waals surface area contributed by atoms with Gasteiger partial charge in [-0.05, 0) is 24.1 Å². The Morgan fingerprint density at radius 1 is 1.39 bits per heavy atom. The van der Waals surface area contributed by atoms with E-state index in [2.05, 4.69) is 0 Å². The standard InChI is InChI=1S/C12H18ClNO3S/c1-9(2)8-17-5-6-18(15,16)10-3-4-12(14)11(13)7-10/h3-4,7,9H,5-6,8,14H2,1-2H3. The second kappa shape index (κ2) is 6.41. The van der Waals surface area contributed by atoms with Crippen molar-refractivity contribution < 1.29 is 13.2 Å². The zero-order valence-corrected chi connectivity index (χ0v) is 12.1. The highest BCUT2D eigenvalue weighted by molar-refractivity contribution is 7.91. The molecule has 1 rings (SSSR count). The van der Waals surface area contributed by atoms with Crippen LogP contribution in [0.4, 0.5) is 5.69 Å². The van der Waals surface area contributed by atoms with E-state index in [1.54, 1.807) is 0 Å². The Bertz CT molecular complexity index is 500. The number of hydrogen-bond donors (Lipinski definition) is 1. The number of sulfone groups is 1. The first-order chi connectivity index (χ1) is 8.33. The monoisotopic (exact) mass is 291 g/mol. The van der Waals surface area contributed by atoms with Gasteiger partial charge in [0.2, 0.25) is 0 Å². The molecule has 0 atom stereocenters. The summed E-state index contributed by atoms with van der Waals surface area (Å²) in [5, 5.41) is 0.249. The van der Waals surface area contributed by atoms with Gasteiger partial charge in [-0.25, -0.2) is 8.42 Å². The van der Waals surface area contributed by atoms with Crippen LogP contribution in [-0.2, 0) is 14.6 Å². The van der Waals surface area contributed by atoms with Crippen LogP contribution in [0.3, 0.4) is 0 Å². The Hall–Kier alpha value is -0.780. The van der Waals surface area contributed by atoms with Crippen molar-refractivity contribution in [2.24, 2.45) is 5.92 Å². The number of benzene rings is 1. The van der Waals surface area contributed by atoms with E-state index in [-0.39, 0.29) is 22.3 Å². The maximum atomic E-state index is 12.0. The lowest BCUT2D eigenvalue weighted by atomic mass is 10.2. The van der Waals surface area contributed by atoms with Gasteiger partial charge in [-0.1, -0.05) is 25.4 Å². The van der Waals surface area contributed by atoms with Gasteiger partial charge in [0.25, 0.3) is 0 Å². The van der Waals surface area contributed by atoms with Crippen molar-refractivity contribution in [3.05, 3.63) is 23.2 Å². The zero-order chi connectivity index (χ0) is 13.8. The largest absolute Gasteiger partial charge is 0.398 e. The number of nitrogen functional groups attached to an aromatic ring is 1. The fraction of sp³-hybridized carbons (Fsp3) is 0.500. The second-order valence-corrected chi connectivity index (χ2v) is 6.99. The quantitative estimate of drug-likeness (QED) is 0.645. The molecule has 0 amide bonds. The minimum Gasteiger partial charge on any atom is -0.398 e. The van der Waals surface area contributed by atoms with E-state index < -0.39 is 9.84 Å². The fourth-order valence-electron chi connectivity index (χ4n) is 1.31. The topological polar surface area (TPSA) is 69.4 Å². The summed E-state index contributed by atoms with van der Waals surface area (Å²) >= 11 is 5.80. The van der Waals surface area contributed by atoms with Crippen LogP contribution in [0.1, 0.15) is 13.8 Å². The Labute approximate surface area is 113 Å². The first-order valence-corrected chi connectivity index (χ1v) is 7.71. The molecule has 0 radical (unpaired) electrons. The van der Waals surface area contributed by atoms with Crippen LogP contribution in [0.15, 0.2) is 23.1 Å². The minimum absolute atomic E-state index is 0.0556. The summed E-state index contributed by atoms with van der Waals surface area (Å²) in [4.78, 5) is 0.176. The molecule has 1 aromatic rings. The number of rotatable bonds is 6. The zero-order valence-electron chi connectivity index (χ0n) is 10.5. The van der Waals surface area contributed by atoms with Crippen LogP contribution in [0.2, 0.25) is 5.02 Å². The third kappa shape index (κ3) is 4.48. The smallest absolute Gasteiger partial charge is 0.180 e. The summed E-state index contributed by atoms with van der Waals surface area (Å²) in [6.07, 6.45) is 0. The summed E-state index contributed by atoms with van der Waals surface area (Å²) in [7, 11) is -3.36. The number of halogens is 1. The van der Waals surface area contributed by atoms with Crippen LogP contribution in [0.25, 0.3) is 0 Å². The molecule has 4 nitrogen and oxygen atoms in total. The van der Waals surface area contributed by atoms with Crippen molar-refractivity contribution in [1.29, 1.82) is 0 Å². The second-order valence-electron chi connectivity index (χ2n) is 4.47. The van der Waals surface area contributed by atoms with E-state index in [1.165, 1.54) is 18.2 Å².